The van der Waals surface area contributed by atoms with Crippen molar-refractivity contribution in [1.29, 1.82) is 0 Å². The monoisotopic (exact) mass is 327 g/mol. The molecule has 2 rings (SSSR count). The molecule has 5 nitrogen and oxygen atoms in total. The van der Waals surface area contributed by atoms with Crippen LogP contribution in [0.25, 0.3) is 0 Å². The van der Waals surface area contributed by atoms with E-state index < -0.39 is 5.97 Å². The summed E-state index contributed by atoms with van der Waals surface area (Å²) in [5, 5.41) is 11.6. The number of carbonyl (C=O) groups is 2. The van der Waals surface area contributed by atoms with Crippen molar-refractivity contribution >= 4 is 17.6 Å². The first-order valence-electron chi connectivity index (χ1n) is 7.89. The standard InChI is InChI=1S/C19H21NO4/c1-2-24-17-9-6-14(7-10-17)8-11-18(21)20-16-5-3-4-15(12-16)13-19(22)23/h3-7,9-10,12H,2,8,11,13H2,1H3,(H,20,21)(H,22,23). The fraction of sp³-hybridized carbons (Fsp3) is 0.263. The number of hydrogen-bond donors (Lipinski definition) is 2. The molecule has 24 heavy (non-hydrogen) atoms. The van der Waals surface area contributed by atoms with Gasteiger partial charge in [-0.2, -0.15) is 0 Å². The Labute approximate surface area is 141 Å². The molecule has 0 aliphatic rings. The average molecular weight is 327 g/mol. The topological polar surface area (TPSA) is 75.6 Å². The lowest BCUT2D eigenvalue weighted by atomic mass is 10.1. The van der Waals surface area contributed by atoms with Crippen LogP contribution >= 0.6 is 0 Å². The minimum Gasteiger partial charge on any atom is -0.494 e. The van der Waals surface area contributed by atoms with Crippen molar-refractivity contribution in [2.24, 2.45) is 0 Å². The Morgan fingerprint density at radius 2 is 1.83 bits per heavy atom. The van der Waals surface area contributed by atoms with E-state index in [0.29, 0.717) is 30.7 Å². The molecular formula is C19H21NO4. The number of rotatable bonds is 8. The predicted octanol–water partition coefficient (Wildman–Crippen LogP) is 3.28. The summed E-state index contributed by atoms with van der Waals surface area (Å²) in [5.41, 5.74) is 2.34. The van der Waals surface area contributed by atoms with Crippen LogP contribution in [0.5, 0.6) is 5.75 Å². The molecule has 1 amide bonds. The van der Waals surface area contributed by atoms with Crippen LogP contribution in [-0.2, 0) is 22.4 Å². The lowest BCUT2D eigenvalue weighted by Gasteiger charge is -2.08. The van der Waals surface area contributed by atoms with E-state index in [-0.39, 0.29) is 12.3 Å². The number of carboxylic acids is 1. The van der Waals surface area contributed by atoms with Crippen molar-refractivity contribution in [3.05, 3.63) is 59.7 Å². The highest BCUT2D eigenvalue weighted by Crippen LogP contribution is 2.15. The molecule has 2 aromatic rings. The molecule has 0 fully saturated rings. The molecular weight excluding hydrogens is 306 g/mol. The number of aliphatic carboxylic acids is 1. The maximum absolute atomic E-state index is 12.0. The third-order valence-corrected chi connectivity index (χ3v) is 3.44. The second kappa shape index (κ2) is 8.72. The number of aryl methyl sites for hydroxylation is 1. The van der Waals surface area contributed by atoms with E-state index in [4.69, 9.17) is 9.84 Å². The number of benzene rings is 2. The van der Waals surface area contributed by atoms with E-state index in [2.05, 4.69) is 5.32 Å². The zero-order valence-corrected chi connectivity index (χ0v) is 13.6. The third kappa shape index (κ3) is 5.76. The summed E-state index contributed by atoms with van der Waals surface area (Å²) in [6, 6.07) is 14.6. The van der Waals surface area contributed by atoms with Gasteiger partial charge in [-0.15, -0.1) is 0 Å². The maximum atomic E-state index is 12.0. The molecule has 0 aliphatic carbocycles. The molecule has 0 radical (unpaired) electrons. The molecule has 0 saturated heterocycles. The molecule has 0 aliphatic heterocycles. The molecule has 0 aromatic heterocycles. The van der Waals surface area contributed by atoms with Crippen molar-refractivity contribution in [1.82, 2.24) is 0 Å². The minimum absolute atomic E-state index is 0.0596. The quantitative estimate of drug-likeness (QED) is 0.780. The first-order chi connectivity index (χ1) is 11.6. The predicted molar refractivity (Wildman–Crippen MR) is 92.3 cm³/mol. The second-order valence-electron chi connectivity index (χ2n) is 5.40. The van der Waals surface area contributed by atoms with Gasteiger partial charge in [0.1, 0.15) is 5.75 Å². The molecule has 0 unspecified atom stereocenters. The van der Waals surface area contributed by atoms with Crippen LogP contribution in [0, 0.1) is 0 Å². The summed E-state index contributed by atoms with van der Waals surface area (Å²) in [5.74, 6) is -0.175. The number of nitrogens with one attached hydrogen (secondary N) is 1. The number of carbonyl (C=O) groups excluding carboxylic acids is 1. The molecule has 0 spiro atoms. The summed E-state index contributed by atoms with van der Waals surface area (Å²) in [6.45, 7) is 2.56. The number of ether oxygens (including phenoxy) is 1. The van der Waals surface area contributed by atoms with E-state index in [9.17, 15) is 9.59 Å². The number of anilines is 1. The van der Waals surface area contributed by atoms with Gasteiger partial charge in [-0.1, -0.05) is 24.3 Å². The Morgan fingerprint density at radius 1 is 1.08 bits per heavy atom. The highest BCUT2D eigenvalue weighted by Gasteiger charge is 2.06. The maximum Gasteiger partial charge on any atom is 0.307 e. The molecule has 0 saturated carbocycles. The van der Waals surface area contributed by atoms with Crippen LogP contribution in [0.3, 0.4) is 0 Å². The molecule has 0 atom stereocenters. The van der Waals surface area contributed by atoms with Gasteiger partial charge in [0.15, 0.2) is 0 Å². The van der Waals surface area contributed by atoms with E-state index >= 15 is 0 Å². The van der Waals surface area contributed by atoms with Gasteiger partial charge in [-0.25, -0.2) is 0 Å². The summed E-state index contributed by atoms with van der Waals surface area (Å²) in [7, 11) is 0. The molecule has 2 aromatic carbocycles. The Hall–Kier alpha value is -2.82. The van der Waals surface area contributed by atoms with Gasteiger partial charge < -0.3 is 15.2 Å². The van der Waals surface area contributed by atoms with Crippen molar-refractivity contribution in [3.63, 3.8) is 0 Å². The minimum atomic E-state index is -0.894. The molecule has 5 heteroatoms. The van der Waals surface area contributed by atoms with Crippen molar-refractivity contribution in [2.75, 3.05) is 11.9 Å². The fourth-order valence-corrected chi connectivity index (χ4v) is 2.33. The fourth-order valence-electron chi connectivity index (χ4n) is 2.33. The van der Waals surface area contributed by atoms with Gasteiger partial charge in [0.25, 0.3) is 0 Å². The first kappa shape index (κ1) is 17.5. The second-order valence-corrected chi connectivity index (χ2v) is 5.40. The largest absolute Gasteiger partial charge is 0.494 e. The van der Waals surface area contributed by atoms with Crippen LogP contribution in [-0.4, -0.2) is 23.6 Å². The Balaban J connectivity index is 1.85. The van der Waals surface area contributed by atoms with Crippen LogP contribution in [0.4, 0.5) is 5.69 Å². The van der Waals surface area contributed by atoms with E-state index in [1.165, 1.54) is 0 Å². The molecule has 2 N–H and O–H groups in total. The lowest BCUT2D eigenvalue weighted by molar-refractivity contribution is -0.136. The normalized spacial score (nSPS) is 10.2. The molecule has 126 valence electrons. The van der Waals surface area contributed by atoms with Crippen molar-refractivity contribution < 1.29 is 19.4 Å². The number of amides is 1. The summed E-state index contributed by atoms with van der Waals surface area (Å²) in [4.78, 5) is 22.8. The summed E-state index contributed by atoms with van der Waals surface area (Å²) >= 11 is 0. The van der Waals surface area contributed by atoms with E-state index in [0.717, 1.165) is 11.3 Å². The number of carboxylic acid groups (broad SMARTS) is 1. The van der Waals surface area contributed by atoms with Crippen molar-refractivity contribution in [3.8, 4) is 5.75 Å². The third-order valence-electron chi connectivity index (χ3n) is 3.44. The SMILES string of the molecule is CCOc1ccc(CCC(=O)Nc2cccc(CC(=O)O)c2)cc1. The highest BCUT2D eigenvalue weighted by atomic mass is 16.5. The Kier molecular flexibility index (Phi) is 6.37. The van der Waals surface area contributed by atoms with Crippen LogP contribution in [0.2, 0.25) is 0 Å². The van der Waals surface area contributed by atoms with Crippen LogP contribution < -0.4 is 10.1 Å². The zero-order chi connectivity index (χ0) is 17.4. The van der Waals surface area contributed by atoms with Crippen LogP contribution in [0.15, 0.2) is 48.5 Å². The van der Waals surface area contributed by atoms with E-state index in [1.807, 2.05) is 31.2 Å². The van der Waals surface area contributed by atoms with E-state index in [1.54, 1.807) is 24.3 Å². The van der Waals surface area contributed by atoms with Gasteiger partial charge in [0.05, 0.1) is 13.0 Å². The van der Waals surface area contributed by atoms with Gasteiger partial charge in [0, 0.05) is 12.1 Å². The number of hydrogen-bond acceptors (Lipinski definition) is 3. The van der Waals surface area contributed by atoms with Gasteiger partial charge in [0.2, 0.25) is 5.91 Å². The van der Waals surface area contributed by atoms with Gasteiger partial charge in [-0.05, 0) is 48.7 Å². The molecule has 0 heterocycles. The Morgan fingerprint density at radius 3 is 2.50 bits per heavy atom. The lowest BCUT2D eigenvalue weighted by Crippen LogP contribution is -2.12. The van der Waals surface area contributed by atoms with Gasteiger partial charge in [-0.3, -0.25) is 9.59 Å². The summed E-state index contributed by atoms with van der Waals surface area (Å²) in [6.07, 6.45) is 0.931. The smallest absolute Gasteiger partial charge is 0.307 e. The average Bonchev–Trinajstić information content (AvgIpc) is 2.54. The van der Waals surface area contributed by atoms with Crippen LogP contribution in [0.1, 0.15) is 24.5 Å². The zero-order valence-electron chi connectivity index (χ0n) is 13.6. The highest BCUT2D eigenvalue weighted by molar-refractivity contribution is 5.91. The van der Waals surface area contributed by atoms with Gasteiger partial charge >= 0.3 is 5.97 Å². The van der Waals surface area contributed by atoms with Crippen molar-refractivity contribution in [2.45, 2.75) is 26.2 Å². The summed E-state index contributed by atoms with van der Waals surface area (Å²) < 4.78 is 5.38. The molecule has 0 bridgehead atoms. The first-order valence-corrected chi connectivity index (χ1v) is 7.89. The Bertz CT molecular complexity index is 695.